The van der Waals surface area contributed by atoms with Crippen LogP contribution in [0.15, 0.2) is 45.9 Å². The molecule has 164 valence electrons. The molecule has 6 nitrogen and oxygen atoms in total. The van der Waals surface area contributed by atoms with Gasteiger partial charge in [0.05, 0.1) is 35.0 Å². The molecule has 0 aromatic heterocycles. The predicted molar refractivity (Wildman–Crippen MR) is 127 cm³/mol. The first-order valence-electron chi connectivity index (χ1n) is 9.65. The summed E-state index contributed by atoms with van der Waals surface area (Å²) in [4.78, 5) is 18.7. The lowest BCUT2D eigenvalue weighted by atomic mass is 10.1. The molecule has 0 aliphatic carbocycles. The SMILES string of the molecule is Cc1ccc(NC(=O)CSC2=N[C@@H]3CS(=O)(=O)C[C@@H]3N2c2ccc(Br)cc2F)c(C)c1. The molecule has 2 heterocycles. The molecule has 1 amide bonds. The van der Waals surface area contributed by atoms with Crippen molar-refractivity contribution in [2.45, 2.75) is 25.9 Å². The van der Waals surface area contributed by atoms with Gasteiger partial charge >= 0.3 is 0 Å². The Labute approximate surface area is 193 Å². The highest BCUT2D eigenvalue weighted by molar-refractivity contribution is 9.10. The van der Waals surface area contributed by atoms with Gasteiger partial charge in [-0.05, 0) is 43.7 Å². The maximum Gasteiger partial charge on any atom is 0.234 e. The van der Waals surface area contributed by atoms with Gasteiger partial charge in [-0.15, -0.1) is 0 Å². The fourth-order valence-electron chi connectivity index (χ4n) is 3.86. The summed E-state index contributed by atoms with van der Waals surface area (Å²) in [6, 6.07) is 9.48. The van der Waals surface area contributed by atoms with E-state index >= 15 is 0 Å². The van der Waals surface area contributed by atoms with Gasteiger partial charge in [0.25, 0.3) is 0 Å². The summed E-state index contributed by atoms with van der Waals surface area (Å²) < 4.78 is 39.6. The molecule has 0 bridgehead atoms. The number of carbonyl (C=O) groups is 1. The van der Waals surface area contributed by atoms with Crippen molar-refractivity contribution in [3.8, 4) is 0 Å². The molecular weight excluding hydrogens is 505 g/mol. The van der Waals surface area contributed by atoms with Gasteiger partial charge < -0.3 is 10.2 Å². The Morgan fingerprint density at radius 2 is 2.03 bits per heavy atom. The number of aliphatic imine (C=N–C) groups is 1. The first-order chi connectivity index (χ1) is 14.6. The molecule has 0 radical (unpaired) electrons. The largest absolute Gasteiger partial charge is 0.325 e. The number of nitrogens with one attached hydrogen (secondary N) is 1. The summed E-state index contributed by atoms with van der Waals surface area (Å²) in [6.45, 7) is 3.91. The van der Waals surface area contributed by atoms with Crippen molar-refractivity contribution in [3.63, 3.8) is 0 Å². The molecule has 10 heteroatoms. The third-order valence-electron chi connectivity index (χ3n) is 5.27. The van der Waals surface area contributed by atoms with Crippen LogP contribution in [0.5, 0.6) is 0 Å². The molecule has 0 saturated carbocycles. The van der Waals surface area contributed by atoms with E-state index in [1.54, 1.807) is 17.0 Å². The van der Waals surface area contributed by atoms with E-state index in [0.717, 1.165) is 16.8 Å². The fourth-order valence-corrected chi connectivity index (χ4v) is 6.95. The number of thioether (sulfide) groups is 1. The van der Waals surface area contributed by atoms with Gasteiger partial charge in [-0.25, -0.2) is 12.8 Å². The molecule has 1 N–H and O–H groups in total. The van der Waals surface area contributed by atoms with E-state index in [1.165, 1.54) is 17.8 Å². The van der Waals surface area contributed by atoms with Crippen molar-refractivity contribution >= 4 is 60.0 Å². The molecule has 4 rings (SSSR count). The summed E-state index contributed by atoms with van der Waals surface area (Å²) in [5, 5.41) is 3.35. The minimum atomic E-state index is -3.24. The van der Waals surface area contributed by atoms with Crippen LogP contribution in [-0.2, 0) is 14.6 Å². The molecule has 31 heavy (non-hydrogen) atoms. The van der Waals surface area contributed by atoms with Crippen LogP contribution in [0.2, 0.25) is 0 Å². The number of anilines is 2. The highest BCUT2D eigenvalue weighted by Gasteiger charge is 2.47. The third-order valence-corrected chi connectivity index (χ3v) is 8.42. The number of halogens is 2. The second kappa shape index (κ2) is 8.55. The van der Waals surface area contributed by atoms with Crippen LogP contribution < -0.4 is 10.2 Å². The topological polar surface area (TPSA) is 78.8 Å². The van der Waals surface area contributed by atoms with Gasteiger partial charge in [-0.1, -0.05) is 45.4 Å². The van der Waals surface area contributed by atoms with Crippen molar-refractivity contribution in [2.24, 2.45) is 4.99 Å². The number of aryl methyl sites for hydroxylation is 2. The van der Waals surface area contributed by atoms with E-state index in [-0.39, 0.29) is 28.9 Å². The van der Waals surface area contributed by atoms with E-state index in [0.29, 0.717) is 9.64 Å². The Hall–Kier alpha value is -1.91. The number of hydrogen-bond acceptors (Lipinski definition) is 6. The summed E-state index contributed by atoms with van der Waals surface area (Å²) in [7, 11) is -3.24. The zero-order valence-electron chi connectivity index (χ0n) is 16.9. The first kappa shape index (κ1) is 22.3. The standard InChI is InChI=1S/C21H21BrFN3O3S2/c1-12-3-5-16(13(2)7-12)24-20(27)9-30-21-25-17-10-31(28,29)11-19(17)26(21)18-6-4-14(22)8-15(18)23/h3-8,17,19H,9-11H2,1-2H3,(H,24,27)/t17-,19+/m1/s1. The Morgan fingerprint density at radius 1 is 1.26 bits per heavy atom. The number of fused-ring (bicyclic) bond motifs is 1. The van der Waals surface area contributed by atoms with E-state index < -0.39 is 27.7 Å². The zero-order chi connectivity index (χ0) is 22.3. The Bertz CT molecular complexity index is 1190. The van der Waals surface area contributed by atoms with E-state index in [4.69, 9.17) is 0 Å². The lowest BCUT2D eigenvalue weighted by Gasteiger charge is -2.26. The minimum Gasteiger partial charge on any atom is -0.325 e. The Kier molecular flexibility index (Phi) is 6.15. The third kappa shape index (κ3) is 4.80. The molecular formula is C21H21BrFN3O3S2. The number of amides is 1. The number of sulfone groups is 1. The van der Waals surface area contributed by atoms with Crippen LogP contribution in [0.4, 0.5) is 15.8 Å². The van der Waals surface area contributed by atoms with E-state index in [2.05, 4.69) is 26.2 Å². The first-order valence-corrected chi connectivity index (χ1v) is 13.3. The van der Waals surface area contributed by atoms with Crippen molar-refractivity contribution in [1.82, 2.24) is 0 Å². The smallest absolute Gasteiger partial charge is 0.234 e. The summed E-state index contributed by atoms with van der Waals surface area (Å²) >= 11 is 4.43. The number of carbonyl (C=O) groups excluding carboxylic acids is 1. The molecule has 2 atom stereocenters. The van der Waals surface area contributed by atoms with Gasteiger partial charge in [-0.2, -0.15) is 0 Å². The second-order valence-corrected chi connectivity index (χ2v) is 11.8. The average molecular weight is 526 g/mol. The Balaban J connectivity index is 1.53. The van der Waals surface area contributed by atoms with Crippen LogP contribution in [-0.4, -0.2) is 48.8 Å². The van der Waals surface area contributed by atoms with Crippen molar-refractivity contribution in [1.29, 1.82) is 0 Å². The second-order valence-electron chi connectivity index (χ2n) is 7.74. The van der Waals surface area contributed by atoms with Crippen LogP contribution in [0.3, 0.4) is 0 Å². The molecule has 2 aliphatic heterocycles. The van der Waals surface area contributed by atoms with E-state index in [1.807, 2.05) is 32.0 Å². The maximum atomic E-state index is 14.7. The molecule has 0 spiro atoms. The van der Waals surface area contributed by atoms with Crippen LogP contribution in [0.25, 0.3) is 0 Å². The monoisotopic (exact) mass is 525 g/mol. The number of benzene rings is 2. The van der Waals surface area contributed by atoms with Crippen LogP contribution in [0.1, 0.15) is 11.1 Å². The highest BCUT2D eigenvalue weighted by Crippen LogP contribution is 2.37. The normalized spacial score (nSPS) is 21.7. The van der Waals surface area contributed by atoms with Gasteiger partial charge in [-0.3, -0.25) is 9.79 Å². The number of amidine groups is 1. The fraction of sp³-hybridized carbons (Fsp3) is 0.333. The molecule has 1 saturated heterocycles. The molecule has 2 aliphatic rings. The summed E-state index contributed by atoms with van der Waals surface area (Å²) in [5.41, 5.74) is 3.07. The number of hydrogen-bond donors (Lipinski definition) is 1. The maximum absolute atomic E-state index is 14.7. The lowest BCUT2D eigenvalue weighted by Crippen LogP contribution is -2.40. The quantitative estimate of drug-likeness (QED) is 0.654. The van der Waals surface area contributed by atoms with Gasteiger partial charge in [0.15, 0.2) is 15.0 Å². The van der Waals surface area contributed by atoms with Gasteiger partial charge in [0, 0.05) is 10.2 Å². The lowest BCUT2D eigenvalue weighted by molar-refractivity contribution is -0.113. The minimum absolute atomic E-state index is 0.0644. The van der Waals surface area contributed by atoms with Crippen molar-refractivity contribution in [2.75, 3.05) is 27.5 Å². The molecule has 2 aromatic carbocycles. The number of nitrogens with zero attached hydrogens (tertiary/aromatic N) is 2. The molecule has 0 unspecified atom stereocenters. The van der Waals surface area contributed by atoms with Crippen LogP contribution in [0, 0.1) is 19.7 Å². The predicted octanol–water partition coefficient (Wildman–Crippen LogP) is 3.92. The number of rotatable bonds is 4. The average Bonchev–Trinajstić information content (AvgIpc) is 3.14. The van der Waals surface area contributed by atoms with Gasteiger partial charge in [0.1, 0.15) is 5.82 Å². The highest BCUT2D eigenvalue weighted by atomic mass is 79.9. The van der Waals surface area contributed by atoms with E-state index in [9.17, 15) is 17.6 Å². The zero-order valence-corrected chi connectivity index (χ0v) is 20.2. The Morgan fingerprint density at radius 3 is 2.74 bits per heavy atom. The van der Waals surface area contributed by atoms with Crippen LogP contribution >= 0.6 is 27.7 Å². The summed E-state index contributed by atoms with van der Waals surface area (Å²) in [5.74, 6) is -0.763. The molecule has 1 fully saturated rings. The summed E-state index contributed by atoms with van der Waals surface area (Å²) in [6.07, 6.45) is 0. The van der Waals surface area contributed by atoms with Crippen molar-refractivity contribution in [3.05, 3.63) is 57.8 Å². The molecule has 2 aromatic rings. The van der Waals surface area contributed by atoms with Gasteiger partial charge in [0.2, 0.25) is 5.91 Å². The van der Waals surface area contributed by atoms with Crippen molar-refractivity contribution < 1.29 is 17.6 Å².